The van der Waals surface area contributed by atoms with Crippen LogP contribution in [0.3, 0.4) is 0 Å². The van der Waals surface area contributed by atoms with Crippen LogP contribution in [0, 0.1) is 5.92 Å². The summed E-state index contributed by atoms with van der Waals surface area (Å²) in [5, 5.41) is 0. The van der Waals surface area contributed by atoms with Crippen molar-refractivity contribution in [3.8, 4) is 0 Å². The highest BCUT2D eigenvalue weighted by Crippen LogP contribution is 2.30. The van der Waals surface area contributed by atoms with E-state index in [4.69, 9.17) is 0 Å². The molecule has 1 fully saturated rings. The second kappa shape index (κ2) is 9.01. The molecule has 166 valence electrons. The van der Waals surface area contributed by atoms with E-state index in [-0.39, 0.29) is 17.3 Å². The number of piperidine rings is 1. The van der Waals surface area contributed by atoms with Gasteiger partial charge in [0, 0.05) is 44.0 Å². The molecule has 1 saturated heterocycles. The highest BCUT2D eigenvalue weighted by molar-refractivity contribution is 7.89. The van der Waals surface area contributed by atoms with Crippen molar-refractivity contribution in [2.45, 2.75) is 51.0 Å². The van der Waals surface area contributed by atoms with Gasteiger partial charge in [-0.25, -0.2) is 13.1 Å². The molecule has 2 aliphatic rings. The lowest BCUT2D eigenvalue weighted by atomic mass is 9.99. The summed E-state index contributed by atoms with van der Waals surface area (Å²) in [6.45, 7) is 7.13. The summed E-state index contributed by atoms with van der Waals surface area (Å²) in [5.74, 6) is 0.773. The van der Waals surface area contributed by atoms with Crippen molar-refractivity contribution < 1.29 is 13.2 Å². The van der Waals surface area contributed by atoms with E-state index in [1.54, 1.807) is 23.1 Å². The summed E-state index contributed by atoms with van der Waals surface area (Å²) in [6.07, 6.45) is 3.62. The van der Waals surface area contributed by atoms with Crippen LogP contribution in [0.1, 0.15) is 44.2 Å². The molecule has 6 nitrogen and oxygen atoms in total. The zero-order valence-corrected chi connectivity index (χ0v) is 19.1. The first kappa shape index (κ1) is 21.8. The summed E-state index contributed by atoms with van der Waals surface area (Å²) >= 11 is 0. The summed E-state index contributed by atoms with van der Waals surface area (Å²) < 4.78 is 28.4. The van der Waals surface area contributed by atoms with Crippen molar-refractivity contribution in [1.82, 2.24) is 4.72 Å². The number of carbonyl (C=O) groups excluding carboxylic acids is 1. The Hall–Kier alpha value is -2.38. The van der Waals surface area contributed by atoms with Gasteiger partial charge in [0.15, 0.2) is 0 Å². The molecule has 2 aliphatic heterocycles. The quantitative estimate of drug-likeness (QED) is 0.742. The standard InChI is InChI=1S/C24H31N3O3S/c1-3-24(28)27-14-12-20-15-22(10-11-23(20)27)31(29,30)25-16-19-6-8-21(9-7-19)26-13-4-5-18(2)17-26/h6-11,15,18,25H,3-5,12-14,16-17H2,1-2H3/t18-/m1/s1. The number of anilines is 2. The fourth-order valence-corrected chi connectivity index (χ4v) is 5.57. The molecule has 2 aromatic carbocycles. The topological polar surface area (TPSA) is 69.7 Å². The van der Waals surface area contributed by atoms with Crippen molar-refractivity contribution in [2.75, 3.05) is 29.4 Å². The fraction of sp³-hybridized carbons (Fsp3) is 0.458. The average Bonchev–Trinajstić information content (AvgIpc) is 3.21. The van der Waals surface area contributed by atoms with Crippen LogP contribution in [0.25, 0.3) is 0 Å². The number of fused-ring (bicyclic) bond motifs is 1. The van der Waals surface area contributed by atoms with E-state index in [9.17, 15) is 13.2 Å². The van der Waals surface area contributed by atoms with Crippen molar-refractivity contribution in [3.05, 3.63) is 53.6 Å². The Morgan fingerprint density at radius 2 is 1.90 bits per heavy atom. The largest absolute Gasteiger partial charge is 0.371 e. The highest BCUT2D eigenvalue weighted by Gasteiger charge is 2.25. The SMILES string of the molecule is CCC(=O)N1CCc2cc(S(=O)(=O)NCc3ccc(N4CCC[C@@H](C)C4)cc3)ccc21. The maximum absolute atomic E-state index is 12.8. The summed E-state index contributed by atoms with van der Waals surface area (Å²) in [5.41, 5.74) is 3.86. The number of hydrogen-bond acceptors (Lipinski definition) is 4. The van der Waals surface area contributed by atoms with E-state index in [0.717, 1.165) is 29.9 Å². The number of nitrogens with zero attached hydrogens (tertiary/aromatic N) is 2. The number of benzene rings is 2. The maximum Gasteiger partial charge on any atom is 0.240 e. The molecule has 0 unspecified atom stereocenters. The molecule has 1 N–H and O–H groups in total. The lowest BCUT2D eigenvalue weighted by Gasteiger charge is -2.32. The van der Waals surface area contributed by atoms with Gasteiger partial charge < -0.3 is 9.80 Å². The molecular formula is C24H31N3O3S. The third-order valence-corrected chi connectivity index (χ3v) is 7.68. The van der Waals surface area contributed by atoms with Crippen LogP contribution in [-0.4, -0.2) is 34.0 Å². The van der Waals surface area contributed by atoms with Crippen molar-refractivity contribution in [3.63, 3.8) is 0 Å². The van der Waals surface area contributed by atoms with Gasteiger partial charge in [-0.3, -0.25) is 4.79 Å². The summed E-state index contributed by atoms with van der Waals surface area (Å²) in [4.78, 5) is 16.4. The van der Waals surface area contributed by atoms with Crippen molar-refractivity contribution in [2.24, 2.45) is 5.92 Å². The van der Waals surface area contributed by atoms with Crippen LogP contribution in [0.5, 0.6) is 0 Å². The lowest BCUT2D eigenvalue weighted by Crippen LogP contribution is -2.34. The van der Waals surface area contributed by atoms with Crippen molar-refractivity contribution >= 4 is 27.3 Å². The van der Waals surface area contributed by atoms with E-state index >= 15 is 0 Å². The Kier molecular flexibility index (Phi) is 6.34. The summed E-state index contributed by atoms with van der Waals surface area (Å²) in [7, 11) is -3.63. The number of rotatable bonds is 6. The maximum atomic E-state index is 12.8. The predicted octanol–water partition coefficient (Wildman–Crippen LogP) is 3.70. The van der Waals surface area contributed by atoms with Crippen LogP contribution in [0.15, 0.2) is 47.4 Å². The number of carbonyl (C=O) groups is 1. The van der Waals surface area contributed by atoms with Gasteiger partial charge in [-0.1, -0.05) is 26.0 Å². The van der Waals surface area contributed by atoms with Crippen LogP contribution in [-0.2, 0) is 27.8 Å². The number of hydrogen-bond donors (Lipinski definition) is 1. The minimum Gasteiger partial charge on any atom is -0.371 e. The predicted molar refractivity (Wildman–Crippen MR) is 124 cm³/mol. The molecule has 4 rings (SSSR count). The molecule has 1 amide bonds. The second-order valence-electron chi connectivity index (χ2n) is 8.62. The molecule has 0 aromatic heterocycles. The molecule has 2 heterocycles. The zero-order chi connectivity index (χ0) is 22.0. The zero-order valence-electron chi connectivity index (χ0n) is 18.3. The van der Waals surface area contributed by atoms with Gasteiger partial charge in [0.25, 0.3) is 0 Å². The van der Waals surface area contributed by atoms with Gasteiger partial charge in [-0.15, -0.1) is 0 Å². The van der Waals surface area contributed by atoms with Crippen LogP contribution < -0.4 is 14.5 Å². The molecule has 0 saturated carbocycles. The molecule has 31 heavy (non-hydrogen) atoms. The van der Waals surface area contributed by atoms with E-state index in [2.05, 4.69) is 28.7 Å². The Balaban J connectivity index is 1.41. The fourth-order valence-electron chi connectivity index (χ4n) is 4.51. The third-order valence-electron chi connectivity index (χ3n) is 6.29. The molecule has 0 spiro atoms. The molecule has 7 heteroatoms. The van der Waals surface area contributed by atoms with Crippen LogP contribution in [0.4, 0.5) is 11.4 Å². The van der Waals surface area contributed by atoms with Gasteiger partial charge in [-0.2, -0.15) is 0 Å². The first-order valence-electron chi connectivity index (χ1n) is 11.1. The van der Waals surface area contributed by atoms with Crippen molar-refractivity contribution in [1.29, 1.82) is 0 Å². The van der Waals surface area contributed by atoms with Gasteiger partial charge in [0.2, 0.25) is 15.9 Å². The van der Waals surface area contributed by atoms with E-state index in [1.807, 2.05) is 19.1 Å². The summed E-state index contributed by atoms with van der Waals surface area (Å²) in [6, 6.07) is 13.2. The molecule has 0 aliphatic carbocycles. The Labute approximate surface area is 185 Å². The molecule has 1 atom stereocenters. The van der Waals surface area contributed by atoms with E-state index < -0.39 is 10.0 Å². The van der Waals surface area contributed by atoms with E-state index in [1.165, 1.54) is 18.5 Å². The normalized spacial score (nSPS) is 18.8. The monoisotopic (exact) mass is 441 g/mol. The van der Waals surface area contributed by atoms with Crippen LogP contribution >= 0.6 is 0 Å². The van der Waals surface area contributed by atoms with Gasteiger partial charge in [0.05, 0.1) is 4.90 Å². The highest BCUT2D eigenvalue weighted by atomic mass is 32.2. The van der Waals surface area contributed by atoms with Gasteiger partial charge in [0.1, 0.15) is 0 Å². The second-order valence-corrected chi connectivity index (χ2v) is 10.4. The van der Waals surface area contributed by atoms with Crippen LogP contribution in [0.2, 0.25) is 0 Å². The Morgan fingerprint density at radius 1 is 1.13 bits per heavy atom. The first-order chi connectivity index (χ1) is 14.9. The third kappa shape index (κ3) is 4.77. The average molecular weight is 442 g/mol. The smallest absolute Gasteiger partial charge is 0.240 e. The minimum absolute atomic E-state index is 0.0648. The van der Waals surface area contributed by atoms with Gasteiger partial charge >= 0.3 is 0 Å². The van der Waals surface area contributed by atoms with E-state index in [0.29, 0.717) is 25.3 Å². The first-order valence-corrected chi connectivity index (χ1v) is 12.6. The molecule has 2 aromatic rings. The lowest BCUT2D eigenvalue weighted by molar-refractivity contribution is -0.118. The minimum atomic E-state index is -3.63. The Bertz CT molecular complexity index is 1050. The number of amides is 1. The molecular weight excluding hydrogens is 410 g/mol. The van der Waals surface area contributed by atoms with Gasteiger partial charge in [-0.05, 0) is 66.6 Å². The Morgan fingerprint density at radius 3 is 2.61 bits per heavy atom. The molecule has 0 bridgehead atoms. The number of nitrogens with one attached hydrogen (secondary N) is 1. The molecule has 0 radical (unpaired) electrons. The number of sulfonamides is 1.